The maximum Gasteiger partial charge on any atom is 0.239 e. The van der Waals surface area contributed by atoms with Crippen LogP contribution in [0.1, 0.15) is 39.1 Å². The molecule has 0 radical (unpaired) electrons. The van der Waals surface area contributed by atoms with Crippen molar-refractivity contribution in [3.8, 4) is 0 Å². The van der Waals surface area contributed by atoms with Crippen LogP contribution < -0.4 is 5.32 Å². The summed E-state index contributed by atoms with van der Waals surface area (Å²) in [7, 11) is 1.83. The molecule has 1 atom stereocenters. The number of carbonyl (C=O) groups excluding carboxylic acids is 1. The molecule has 1 rings (SSSR count). The van der Waals surface area contributed by atoms with Gasteiger partial charge in [0.25, 0.3) is 0 Å². The van der Waals surface area contributed by atoms with Crippen molar-refractivity contribution in [3.05, 3.63) is 17.5 Å². The van der Waals surface area contributed by atoms with Gasteiger partial charge in [-0.3, -0.25) is 9.48 Å². The average molecular weight is 266 g/mol. The number of aromatic nitrogens is 2. The van der Waals surface area contributed by atoms with Crippen molar-refractivity contribution in [1.29, 1.82) is 0 Å². The third-order valence-corrected chi connectivity index (χ3v) is 3.39. The first-order valence-electron chi connectivity index (χ1n) is 7.07. The Hall–Kier alpha value is -1.36. The van der Waals surface area contributed by atoms with Crippen LogP contribution in [-0.2, 0) is 24.3 Å². The second-order valence-electron chi connectivity index (χ2n) is 4.75. The van der Waals surface area contributed by atoms with Gasteiger partial charge in [-0.05, 0) is 33.3 Å². The number of hydrogen-bond acceptors (Lipinski definition) is 3. The van der Waals surface area contributed by atoms with Gasteiger partial charge in [-0.2, -0.15) is 5.10 Å². The third kappa shape index (κ3) is 4.06. The van der Waals surface area contributed by atoms with E-state index in [1.54, 1.807) is 4.90 Å². The van der Waals surface area contributed by atoms with Gasteiger partial charge in [0.05, 0.1) is 17.4 Å². The molecule has 0 aromatic carbocycles. The Balaban J connectivity index is 2.61. The summed E-state index contributed by atoms with van der Waals surface area (Å²) < 4.78 is 1.99. The molecule has 0 saturated carbocycles. The van der Waals surface area contributed by atoms with Crippen molar-refractivity contribution in [1.82, 2.24) is 20.0 Å². The molecular weight excluding hydrogens is 240 g/mol. The minimum Gasteiger partial charge on any atom is -0.345 e. The van der Waals surface area contributed by atoms with E-state index in [0.29, 0.717) is 6.54 Å². The van der Waals surface area contributed by atoms with Gasteiger partial charge < -0.3 is 10.2 Å². The Morgan fingerprint density at radius 2 is 2.16 bits per heavy atom. The highest BCUT2D eigenvalue weighted by Crippen LogP contribution is 2.06. The molecular formula is C14H26N4O. The quantitative estimate of drug-likeness (QED) is 0.812. The third-order valence-electron chi connectivity index (χ3n) is 3.39. The molecule has 5 nitrogen and oxygen atoms in total. The summed E-state index contributed by atoms with van der Waals surface area (Å²) in [5, 5.41) is 7.78. The van der Waals surface area contributed by atoms with Gasteiger partial charge in [-0.25, -0.2) is 0 Å². The van der Waals surface area contributed by atoms with E-state index in [1.165, 1.54) is 0 Å². The summed E-state index contributed by atoms with van der Waals surface area (Å²) in [5.74, 6) is 0.126. The first-order chi connectivity index (χ1) is 9.03. The van der Waals surface area contributed by atoms with Gasteiger partial charge in [0.1, 0.15) is 0 Å². The lowest BCUT2D eigenvalue weighted by atomic mass is 10.2. The van der Waals surface area contributed by atoms with E-state index in [2.05, 4.69) is 30.3 Å². The van der Waals surface area contributed by atoms with Gasteiger partial charge in [-0.15, -0.1) is 0 Å². The van der Waals surface area contributed by atoms with Gasteiger partial charge in [0, 0.05) is 26.7 Å². The molecule has 0 spiro atoms. The van der Waals surface area contributed by atoms with Crippen molar-refractivity contribution < 1.29 is 4.79 Å². The van der Waals surface area contributed by atoms with E-state index in [-0.39, 0.29) is 11.9 Å². The second kappa shape index (κ2) is 7.28. The lowest BCUT2D eigenvalue weighted by Crippen LogP contribution is -2.42. The number of aryl methyl sites for hydroxylation is 2. The van der Waals surface area contributed by atoms with Gasteiger partial charge in [0.2, 0.25) is 5.91 Å². The van der Waals surface area contributed by atoms with Crippen LogP contribution in [0, 0.1) is 0 Å². The topological polar surface area (TPSA) is 50.2 Å². The fraction of sp³-hybridized carbons (Fsp3) is 0.714. The highest BCUT2D eigenvalue weighted by molar-refractivity contribution is 5.81. The molecule has 1 amide bonds. The molecule has 0 aliphatic heterocycles. The number of amides is 1. The van der Waals surface area contributed by atoms with Gasteiger partial charge in [-0.1, -0.05) is 6.92 Å². The number of rotatable bonds is 7. The summed E-state index contributed by atoms with van der Waals surface area (Å²) in [6.45, 7) is 10.3. The molecule has 108 valence electrons. The zero-order chi connectivity index (χ0) is 14.4. The van der Waals surface area contributed by atoms with E-state index in [4.69, 9.17) is 0 Å². The van der Waals surface area contributed by atoms with Crippen molar-refractivity contribution in [2.75, 3.05) is 13.6 Å². The van der Waals surface area contributed by atoms with Crippen LogP contribution in [0.4, 0.5) is 0 Å². The first-order valence-corrected chi connectivity index (χ1v) is 7.07. The van der Waals surface area contributed by atoms with Gasteiger partial charge in [0.15, 0.2) is 0 Å². The minimum atomic E-state index is -0.171. The standard InChI is InChI=1S/C14H26N4O/c1-6-12-9-13(18(8-3)16-12)10-15-11(4)14(19)17(5)7-2/h9,11,15H,6-8,10H2,1-5H3. The largest absolute Gasteiger partial charge is 0.345 e. The van der Waals surface area contributed by atoms with Crippen molar-refractivity contribution >= 4 is 5.91 Å². The fourth-order valence-electron chi connectivity index (χ4n) is 1.94. The Morgan fingerprint density at radius 1 is 1.47 bits per heavy atom. The van der Waals surface area contributed by atoms with Crippen molar-refractivity contribution in [3.63, 3.8) is 0 Å². The number of carbonyl (C=O) groups is 1. The molecule has 0 bridgehead atoms. The number of nitrogens with zero attached hydrogens (tertiary/aromatic N) is 3. The molecule has 1 heterocycles. The van der Waals surface area contributed by atoms with Crippen LogP contribution in [0.3, 0.4) is 0 Å². The van der Waals surface area contributed by atoms with Crippen molar-refractivity contribution in [2.24, 2.45) is 0 Å². The number of likely N-dealkylation sites (N-methyl/N-ethyl adjacent to an activating group) is 1. The average Bonchev–Trinajstić information content (AvgIpc) is 2.85. The van der Waals surface area contributed by atoms with Crippen LogP contribution in [-0.4, -0.2) is 40.2 Å². The monoisotopic (exact) mass is 266 g/mol. The Kier molecular flexibility index (Phi) is 6.02. The zero-order valence-electron chi connectivity index (χ0n) is 12.7. The molecule has 0 saturated heterocycles. The molecule has 0 fully saturated rings. The zero-order valence-corrected chi connectivity index (χ0v) is 12.7. The Morgan fingerprint density at radius 3 is 2.68 bits per heavy atom. The summed E-state index contributed by atoms with van der Waals surface area (Å²) in [6.07, 6.45) is 0.938. The molecule has 1 unspecified atom stereocenters. The molecule has 19 heavy (non-hydrogen) atoms. The minimum absolute atomic E-state index is 0.126. The number of nitrogens with one attached hydrogen (secondary N) is 1. The highest BCUT2D eigenvalue weighted by atomic mass is 16.2. The van der Waals surface area contributed by atoms with E-state index >= 15 is 0 Å². The second-order valence-corrected chi connectivity index (χ2v) is 4.75. The molecule has 1 N–H and O–H groups in total. The number of hydrogen-bond donors (Lipinski definition) is 1. The van der Waals surface area contributed by atoms with E-state index in [0.717, 1.165) is 30.9 Å². The van der Waals surface area contributed by atoms with Crippen LogP contribution >= 0.6 is 0 Å². The molecule has 5 heteroatoms. The fourth-order valence-corrected chi connectivity index (χ4v) is 1.94. The van der Waals surface area contributed by atoms with Crippen LogP contribution in [0.15, 0.2) is 6.07 Å². The van der Waals surface area contributed by atoms with E-state index < -0.39 is 0 Å². The summed E-state index contributed by atoms with van der Waals surface area (Å²) in [6, 6.07) is 1.94. The summed E-state index contributed by atoms with van der Waals surface area (Å²) in [4.78, 5) is 13.7. The van der Waals surface area contributed by atoms with Crippen molar-refractivity contribution in [2.45, 2.75) is 53.2 Å². The van der Waals surface area contributed by atoms with E-state index in [1.807, 2.05) is 25.6 Å². The highest BCUT2D eigenvalue weighted by Gasteiger charge is 2.16. The first kappa shape index (κ1) is 15.7. The maximum absolute atomic E-state index is 12.0. The molecule has 0 aliphatic carbocycles. The predicted molar refractivity (Wildman–Crippen MR) is 76.9 cm³/mol. The normalized spacial score (nSPS) is 12.5. The lowest BCUT2D eigenvalue weighted by molar-refractivity contribution is -0.131. The molecule has 0 aliphatic rings. The van der Waals surface area contributed by atoms with E-state index in [9.17, 15) is 4.79 Å². The SMILES string of the molecule is CCc1cc(CNC(C)C(=O)N(C)CC)n(CC)n1. The van der Waals surface area contributed by atoms with Crippen LogP contribution in [0.25, 0.3) is 0 Å². The Labute approximate surface area is 116 Å². The Bertz CT molecular complexity index is 414. The lowest BCUT2D eigenvalue weighted by Gasteiger charge is -2.20. The van der Waals surface area contributed by atoms with Gasteiger partial charge >= 0.3 is 0 Å². The summed E-state index contributed by atoms with van der Waals surface area (Å²) in [5.41, 5.74) is 2.24. The molecule has 1 aromatic rings. The predicted octanol–water partition coefficient (Wildman–Crippen LogP) is 1.42. The van der Waals surface area contributed by atoms with Crippen LogP contribution in [0.2, 0.25) is 0 Å². The molecule has 1 aromatic heterocycles. The smallest absolute Gasteiger partial charge is 0.239 e. The van der Waals surface area contributed by atoms with Crippen LogP contribution in [0.5, 0.6) is 0 Å². The summed E-state index contributed by atoms with van der Waals surface area (Å²) >= 11 is 0. The maximum atomic E-state index is 12.0.